The van der Waals surface area contributed by atoms with Crippen molar-refractivity contribution >= 4 is 22.2 Å². The molecule has 0 saturated heterocycles. The first kappa shape index (κ1) is 30.5. The monoisotopic (exact) mass is 613 g/mol. The van der Waals surface area contributed by atoms with Gasteiger partial charge in [0, 0.05) is 47.1 Å². The molecule has 0 aliphatic heterocycles. The van der Waals surface area contributed by atoms with Gasteiger partial charge in [0.2, 0.25) is 0 Å². The molecule has 0 radical (unpaired) electrons. The molecule has 3 aromatic carbocycles. The molecule has 6 aromatic rings. The van der Waals surface area contributed by atoms with Gasteiger partial charge in [-0.05, 0) is 40.8 Å². The van der Waals surface area contributed by atoms with Crippen LogP contribution in [0.2, 0.25) is 0 Å². The molecule has 3 heterocycles. The molecule has 0 spiro atoms. The lowest BCUT2D eigenvalue weighted by Crippen LogP contribution is -2.25. The first-order chi connectivity index (χ1) is 22.1. The van der Waals surface area contributed by atoms with E-state index in [0.29, 0.717) is 22.2 Å². The molecule has 0 bridgehead atoms. The third kappa shape index (κ3) is 5.68. The van der Waals surface area contributed by atoms with E-state index in [2.05, 4.69) is 10.1 Å². The average molecular weight is 614 g/mol. The third-order valence-electron chi connectivity index (χ3n) is 7.90. The number of aryl methyl sites for hydroxylation is 1. The van der Waals surface area contributed by atoms with Gasteiger partial charge in [0.15, 0.2) is 5.82 Å². The van der Waals surface area contributed by atoms with Crippen molar-refractivity contribution in [2.75, 3.05) is 0 Å². The summed E-state index contributed by atoms with van der Waals surface area (Å²) in [7, 11) is 1.63. The number of aliphatic imine (C=N–C) groups is 1. The molecule has 1 N–H and O–H groups in total. The molecular weight excluding hydrogens is 581 g/mol. The molecule has 8 nitrogen and oxygen atoms in total. The van der Waals surface area contributed by atoms with Crippen LogP contribution in [-0.4, -0.2) is 30.1 Å². The van der Waals surface area contributed by atoms with E-state index in [1.807, 2.05) is 81.4 Å². The predicted molar refractivity (Wildman–Crippen MR) is 179 cm³/mol. The van der Waals surface area contributed by atoms with Crippen LogP contribution in [0.3, 0.4) is 0 Å². The second-order valence-corrected chi connectivity index (χ2v) is 12.1. The second-order valence-electron chi connectivity index (χ2n) is 12.1. The van der Waals surface area contributed by atoms with Gasteiger partial charge in [-0.2, -0.15) is 9.78 Å². The minimum atomic E-state index is -0.698. The fraction of sp³-hybridized carbons (Fsp3) is 0.162. The van der Waals surface area contributed by atoms with Crippen molar-refractivity contribution in [3.8, 4) is 16.9 Å². The van der Waals surface area contributed by atoms with Crippen LogP contribution in [-0.2, 0) is 19.1 Å². The molecule has 0 atom stereocenters. The third-order valence-corrected chi connectivity index (χ3v) is 7.90. The zero-order chi connectivity index (χ0) is 32.6. The number of halogens is 1. The van der Waals surface area contributed by atoms with Crippen LogP contribution in [0.1, 0.15) is 43.0 Å². The first-order valence-corrected chi connectivity index (χ1v) is 14.8. The van der Waals surface area contributed by atoms with Gasteiger partial charge in [-0.1, -0.05) is 81.4 Å². The lowest BCUT2D eigenvalue weighted by molar-refractivity contribution is 0.281. The van der Waals surface area contributed by atoms with E-state index >= 15 is 4.39 Å². The van der Waals surface area contributed by atoms with Gasteiger partial charge in [0.05, 0.1) is 23.9 Å². The summed E-state index contributed by atoms with van der Waals surface area (Å²) >= 11 is 0. The van der Waals surface area contributed by atoms with Gasteiger partial charge in [0.25, 0.3) is 11.1 Å². The van der Waals surface area contributed by atoms with Crippen LogP contribution in [0.5, 0.6) is 0 Å². The van der Waals surface area contributed by atoms with Crippen LogP contribution in [0.15, 0.2) is 118 Å². The highest BCUT2D eigenvalue weighted by Crippen LogP contribution is 2.30. The zero-order valence-corrected chi connectivity index (χ0v) is 25.9. The van der Waals surface area contributed by atoms with Crippen LogP contribution < -0.4 is 11.1 Å². The van der Waals surface area contributed by atoms with Gasteiger partial charge >= 0.3 is 0 Å². The minimum Gasteiger partial charge on any atom is -0.392 e. The van der Waals surface area contributed by atoms with Gasteiger partial charge in [0.1, 0.15) is 11.5 Å². The minimum absolute atomic E-state index is 0.0550. The highest BCUT2D eigenvalue weighted by atomic mass is 19.1. The van der Waals surface area contributed by atoms with E-state index in [1.165, 1.54) is 23.0 Å². The Morgan fingerprint density at radius 3 is 2.17 bits per heavy atom. The van der Waals surface area contributed by atoms with Crippen molar-refractivity contribution in [3.63, 3.8) is 0 Å². The van der Waals surface area contributed by atoms with Crippen molar-refractivity contribution < 1.29 is 9.50 Å². The normalized spacial score (nSPS) is 11.5. The molecule has 46 heavy (non-hydrogen) atoms. The Morgan fingerprint density at radius 1 is 0.913 bits per heavy atom. The Bertz CT molecular complexity index is 2190. The van der Waals surface area contributed by atoms with E-state index < -0.39 is 18.0 Å². The van der Waals surface area contributed by atoms with Crippen molar-refractivity contribution in [2.45, 2.75) is 32.8 Å². The van der Waals surface area contributed by atoms with Crippen molar-refractivity contribution in [1.29, 1.82) is 0 Å². The Morgan fingerprint density at radius 2 is 1.57 bits per heavy atom. The molecule has 0 fully saturated rings. The van der Waals surface area contributed by atoms with E-state index in [4.69, 9.17) is 4.99 Å². The quantitative estimate of drug-likeness (QED) is 0.224. The molecule has 0 aliphatic rings. The predicted octanol–water partition coefficient (Wildman–Crippen LogP) is 6.24. The molecule has 0 saturated carbocycles. The largest absolute Gasteiger partial charge is 0.392 e. The van der Waals surface area contributed by atoms with Crippen LogP contribution in [0.25, 0.3) is 27.7 Å². The SMILES string of the molecule is Cn1cc(-c2ccnc(-n3ncc4cc(C(C)(C)C)cc(F)c4c3=O)c2CO)cc(N=C(c2ccccc2)c2ccccc2)c1=O. The number of benzene rings is 3. The Balaban J connectivity index is 1.52. The summed E-state index contributed by atoms with van der Waals surface area (Å²) in [6.45, 7) is 5.39. The maximum Gasteiger partial charge on any atom is 0.283 e. The number of aliphatic hydroxyl groups is 1. The molecule has 0 amide bonds. The average Bonchev–Trinajstić information content (AvgIpc) is 3.05. The van der Waals surface area contributed by atoms with Crippen molar-refractivity contribution in [2.24, 2.45) is 12.0 Å². The van der Waals surface area contributed by atoms with E-state index in [1.54, 1.807) is 31.4 Å². The van der Waals surface area contributed by atoms with Gasteiger partial charge in [-0.25, -0.2) is 14.4 Å². The molecule has 9 heteroatoms. The van der Waals surface area contributed by atoms with Gasteiger partial charge < -0.3 is 9.67 Å². The van der Waals surface area contributed by atoms with Crippen LogP contribution in [0.4, 0.5) is 10.1 Å². The molecule has 3 aromatic heterocycles. The zero-order valence-electron chi connectivity index (χ0n) is 25.9. The van der Waals surface area contributed by atoms with Crippen LogP contribution in [0, 0.1) is 5.82 Å². The van der Waals surface area contributed by atoms with Crippen molar-refractivity contribution in [3.05, 3.63) is 152 Å². The number of rotatable bonds is 6. The summed E-state index contributed by atoms with van der Waals surface area (Å²) < 4.78 is 17.8. The Labute approximate surface area is 264 Å². The summed E-state index contributed by atoms with van der Waals surface area (Å²) in [5.74, 6) is -0.599. The number of hydrogen-bond acceptors (Lipinski definition) is 6. The fourth-order valence-electron chi connectivity index (χ4n) is 5.44. The first-order valence-electron chi connectivity index (χ1n) is 14.8. The maximum absolute atomic E-state index is 15.4. The van der Waals surface area contributed by atoms with E-state index in [0.717, 1.165) is 21.4 Å². The smallest absolute Gasteiger partial charge is 0.283 e. The highest BCUT2D eigenvalue weighted by Gasteiger charge is 2.21. The number of hydrogen-bond donors (Lipinski definition) is 1. The number of aromatic nitrogens is 4. The number of pyridine rings is 2. The van der Waals surface area contributed by atoms with Gasteiger partial charge in [-0.3, -0.25) is 9.59 Å². The summed E-state index contributed by atoms with van der Waals surface area (Å²) in [5, 5.41) is 15.2. The number of aliphatic hydroxyl groups excluding tert-OH is 1. The maximum atomic E-state index is 15.4. The van der Waals surface area contributed by atoms with E-state index in [-0.39, 0.29) is 33.4 Å². The molecule has 0 unspecified atom stereocenters. The number of fused-ring (bicyclic) bond motifs is 1. The molecule has 0 aliphatic carbocycles. The molecular formula is C37H32FN5O3. The second kappa shape index (κ2) is 12.1. The molecule has 6 rings (SSSR count). The summed E-state index contributed by atoms with van der Waals surface area (Å²) in [4.78, 5) is 36.3. The Kier molecular flexibility index (Phi) is 8.02. The van der Waals surface area contributed by atoms with Crippen LogP contribution >= 0.6 is 0 Å². The van der Waals surface area contributed by atoms with Gasteiger partial charge in [-0.15, -0.1) is 0 Å². The lowest BCUT2D eigenvalue weighted by Gasteiger charge is -2.20. The highest BCUT2D eigenvalue weighted by molar-refractivity contribution is 6.14. The fourth-order valence-corrected chi connectivity index (χ4v) is 5.44. The number of nitrogens with zero attached hydrogens (tertiary/aromatic N) is 5. The summed E-state index contributed by atoms with van der Waals surface area (Å²) in [6.07, 6.45) is 4.54. The summed E-state index contributed by atoms with van der Waals surface area (Å²) in [6, 6.07) is 25.7. The summed E-state index contributed by atoms with van der Waals surface area (Å²) in [5.41, 5.74) is 3.24. The van der Waals surface area contributed by atoms with E-state index in [9.17, 15) is 14.7 Å². The lowest BCUT2D eigenvalue weighted by atomic mass is 9.86. The van der Waals surface area contributed by atoms with Crippen molar-refractivity contribution in [1.82, 2.24) is 19.3 Å². The Hall–Kier alpha value is -5.54. The topological polar surface area (TPSA) is 102 Å². The standard InChI is InChI=1S/C37H32FN5O3/c1-37(2,3)27-17-25-20-40-43(36(46)32(25)30(38)19-27)34-29(22-44)28(15-16-39-34)26-18-31(35(45)42(4)21-26)41-33(23-11-7-5-8-12-23)24-13-9-6-10-14-24/h5-21,44H,22H2,1-4H3. The molecule has 230 valence electrons.